The first kappa shape index (κ1) is 10.7. The van der Waals surface area contributed by atoms with Gasteiger partial charge in [-0.05, 0) is 25.0 Å². The van der Waals surface area contributed by atoms with Crippen molar-refractivity contribution in [2.24, 2.45) is 5.84 Å². The molecule has 0 aliphatic carbocycles. The van der Waals surface area contributed by atoms with Crippen molar-refractivity contribution in [2.75, 3.05) is 0 Å². The van der Waals surface area contributed by atoms with Gasteiger partial charge in [-0.2, -0.15) is 0 Å². The number of aromatic nitrogens is 1. The van der Waals surface area contributed by atoms with E-state index in [1.165, 1.54) is 0 Å². The Morgan fingerprint density at radius 1 is 1.57 bits per heavy atom. The van der Waals surface area contributed by atoms with Crippen LogP contribution in [0.25, 0.3) is 0 Å². The van der Waals surface area contributed by atoms with Crippen molar-refractivity contribution in [1.82, 2.24) is 10.4 Å². The average molecular weight is 189 g/mol. The maximum Gasteiger partial charge on any atom is 0.0584 e. The van der Waals surface area contributed by atoms with E-state index in [-0.39, 0.29) is 6.04 Å². The van der Waals surface area contributed by atoms with E-state index in [1.54, 1.807) is 0 Å². The zero-order valence-corrected chi connectivity index (χ0v) is 8.54. The molecule has 14 heavy (non-hydrogen) atoms. The van der Waals surface area contributed by atoms with Gasteiger partial charge in [-0.25, -0.2) is 0 Å². The van der Waals surface area contributed by atoms with Gasteiger partial charge in [0.05, 0.1) is 6.04 Å². The minimum Gasteiger partial charge on any atom is -0.271 e. The molecule has 3 nitrogen and oxygen atoms in total. The van der Waals surface area contributed by atoms with Gasteiger partial charge in [0, 0.05) is 18.8 Å². The number of hydrogen-bond donors (Lipinski definition) is 2. The van der Waals surface area contributed by atoms with Crippen LogP contribution in [0.3, 0.4) is 0 Å². The van der Waals surface area contributed by atoms with Gasteiger partial charge in [0.1, 0.15) is 0 Å². The molecule has 0 aliphatic rings. The number of nitrogens with two attached hydrogens (primary N) is 1. The number of hydrazine groups is 1. The Morgan fingerprint density at radius 2 is 2.36 bits per heavy atom. The van der Waals surface area contributed by atoms with Gasteiger partial charge in [0.15, 0.2) is 0 Å². The van der Waals surface area contributed by atoms with Gasteiger partial charge in [-0.1, -0.05) is 6.07 Å². The van der Waals surface area contributed by atoms with E-state index in [2.05, 4.69) is 28.3 Å². The van der Waals surface area contributed by atoms with Crippen molar-refractivity contribution in [3.63, 3.8) is 0 Å². The first-order chi connectivity index (χ1) is 6.77. The number of rotatable bonds is 3. The van der Waals surface area contributed by atoms with Crippen LogP contribution in [0.15, 0.2) is 18.5 Å². The van der Waals surface area contributed by atoms with E-state index in [0.717, 1.165) is 11.1 Å². The van der Waals surface area contributed by atoms with Crippen molar-refractivity contribution < 1.29 is 0 Å². The highest BCUT2D eigenvalue weighted by atomic mass is 15.2. The highest BCUT2D eigenvalue weighted by Crippen LogP contribution is 2.14. The van der Waals surface area contributed by atoms with E-state index in [0.29, 0.717) is 6.42 Å². The lowest BCUT2D eigenvalue weighted by Crippen LogP contribution is -2.27. The molecular weight excluding hydrogens is 174 g/mol. The van der Waals surface area contributed by atoms with E-state index < -0.39 is 0 Å². The summed E-state index contributed by atoms with van der Waals surface area (Å²) in [5.41, 5.74) is 4.95. The second-order valence-corrected chi connectivity index (χ2v) is 3.15. The Balaban J connectivity index is 2.81. The molecule has 0 bridgehead atoms. The molecule has 3 N–H and O–H groups in total. The molecule has 0 amide bonds. The smallest absolute Gasteiger partial charge is 0.0584 e. The number of nitrogens with one attached hydrogen (secondary N) is 1. The quantitative estimate of drug-likeness (QED) is 0.428. The minimum absolute atomic E-state index is 0.0647. The van der Waals surface area contributed by atoms with E-state index in [4.69, 9.17) is 5.84 Å². The van der Waals surface area contributed by atoms with Crippen LogP contribution in [-0.2, 0) is 0 Å². The standard InChI is InChI=1S/C11H15N3/c1-3-4-5-11(14-12)10-6-9(2)7-13-8-10/h6-8,11,14H,5,12H2,1-2H3. The van der Waals surface area contributed by atoms with Gasteiger partial charge in [0.25, 0.3) is 0 Å². The molecule has 1 aromatic heterocycles. The van der Waals surface area contributed by atoms with Gasteiger partial charge >= 0.3 is 0 Å². The Kier molecular flexibility index (Phi) is 4.11. The molecule has 1 aromatic rings. The predicted molar refractivity (Wildman–Crippen MR) is 57.1 cm³/mol. The highest BCUT2D eigenvalue weighted by Gasteiger charge is 2.07. The summed E-state index contributed by atoms with van der Waals surface area (Å²) in [7, 11) is 0. The number of pyridine rings is 1. The molecule has 0 aromatic carbocycles. The number of nitrogens with zero attached hydrogens (tertiary/aromatic N) is 1. The molecule has 0 spiro atoms. The lowest BCUT2D eigenvalue weighted by Gasteiger charge is -2.12. The summed E-state index contributed by atoms with van der Waals surface area (Å²) in [5, 5.41) is 0. The molecule has 1 unspecified atom stereocenters. The van der Waals surface area contributed by atoms with Crippen molar-refractivity contribution in [2.45, 2.75) is 26.3 Å². The highest BCUT2D eigenvalue weighted by molar-refractivity contribution is 5.21. The van der Waals surface area contributed by atoms with Crippen LogP contribution in [0.5, 0.6) is 0 Å². The first-order valence-corrected chi connectivity index (χ1v) is 4.55. The van der Waals surface area contributed by atoms with E-state index in [1.807, 2.05) is 26.2 Å². The fourth-order valence-corrected chi connectivity index (χ4v) is 1.25. The summed E-state index contributed by atoms with van der Waals surface area (Å²) in [4.78, 5) is 4.12. The third-order valence-electron chi connectivity index (χ3n) is 1.98. The van der Waals surface area contributed by atoms with Crippen LogP contribution >= 0.6 is 0 Å². The molecule has 0 saturated heterocycles. The average Bonchev–Trinajstić information content (AvgIpc) is 2.19. The molecule has 0 fully saturated rings. The van der Waals surface area contributed by atoms with E-state index >= 15 is 0 Å². The maximum absolute atomic E-state index is 5.45. The molecule has 0 aliphatic heterocycles. The summed E-state index contributed by atoms with van der Waals surface area (Å²) < 4.78 is 0. The van der Waals surface area contributed by atoms with Crippen LogP contribution in [0.2, 0.25) is 0 Å². The van der Waals surface area contributed by atoms with Gasteiger partial charge in [0.2, 0.25) is 0 Å². The molecule has 0 saturated carbocycles. The monoisotopic (exact) mass is 189 g/mol. The molecule has 1 heterocycles. The van der Waals surface area contributed by atoms with Gasteiger partial charge < -0.3 is 0 Å². The summed E-state index contributed by atoms with van der Waals surface area (Å²) in [5.74, 6) is 11.3. The molecule has 74 valence electrons. The minimum atomic E-state index is 0.0647. The normalized spacial score (nSPS) is 11.6. The van der Waals surface area contributed by atoms with Gasteiger partial charge in [-0.3, -0.25) is 16.3 Å². The SMILES string of the molecule is CC#CCC(NN)c1cncc(C)c1. The van der Waals surface area contributed by atoms with Crippen molar-refractivity contribution in [3.8, 4) is 11.8 Å². The van der Waals surface area contributed by atoms with Crippen LogP contribution in [-0.4, -0.2) is 4.98 Å². The maximum atomic E-state index is 5.45. The first-order valence-electron chi connectivity index (χ1n) is 4.55. The second kappa shape index (κ2) is 5.38. The molecule has 1 rings (SSSR count). The second-order valence-electron chi connectivity index (χ2n) is 3.15. The lowest BCUT2D eigenvalue weighted by molar-refractivity contribution is 0.566. The summed E-state index contributed by atoms with van der Waals surface area (Å²) in [6.45, 7) is 3.83. The molecule has 1 atom stereocenters. The van der Waals surface area contributed by atoms with Crippen LogP contribution < -0.4 is 11.3 Å². The van der Waals surface area contributed by atoms with Crippen molar-refractivity contribution in [1.29, 1.82) is 0 Å². The number of aryl methyl sites for hydroxylation is 1. The molecule has 0 radical (unpaired) electrons. The Bertz CT molecular complexity index is 349. The molecule has 3 heteroatoms. The van der Waals surface area contributed by atoms with Crippen molar-refractivity contribution in [3.05, 3.63) is 29.6 Å². The number of hydrogen-bond acceptors (Lipinski definition) is 3. The third-order valence-corrected chi connectivity index (χ3v) is 1.98. The summed E-state index contributed by atoms with van der Waals surface area (Å²) >= 11 is 0. The third kappa shape index (κ3) is 2.84. The van der Waals surface area contributed by atoms with Crippen molar-refractivity contribution >= 4 is 0 Å². The fourth-order valence-electron chi connectivity index (χ4n) is 1.25. The Morgan fingerprint density at radius 3 is 2.93 bits per heavy atom. The topological polar surface area (TPSA) is 50.9 Å². The van der Waals surface area contributed by atoms with Crippen LogP contribution in [0, 0.1) is 18.8 Å². The van der Waals surface area contributed by atoms with Crippen LogP contribution in [0.1, 0.15) is 30.5 Å². The Labute approximate surface area is 84.7 Å². The zero-order chi connectivity index (χ0) is 10.4. The van der Waals surface area contributed by atoms with Crippen LogP contribution in [0.4, 0.5) is 0 Å². The predicted octanol–water partition coefficient (Wildman–Crippen LogP) is 1.31. The molecular formula is C11H15N3. The van der Waals surface area contributed by atoms with Gasteiger partial charge in [-0.15, -0.1) is 11.8 Å². The van der Waals surface area contributed by atoms with E-state index in [9.17, 15) is 0 Å². The fraction of sp³-hybridized carbons (Fsp3) is 0.364. The summed E-state index contributed by atoms with van der Waals surface area (Å²) in [6.07, 6.45) is 4.34. The summed E-state index contributed by atoms with van der Waals surface area (Å²) in [6, 6.07) is 2.13. The lowest BCUT2D eigenvalue weighted by atomic mass is 10.1. The zero-order valence-electron chi connectivity index (χ0n) is 8.54. The Hall–Kier alpha value is -1.37. The largest absolute Gasteiger partial charge is 0.271 e.